The molecule has 0 bridgehead atoms. The predicted octanol–water partition coefficient (Wildman–Crippen LogP) is 3.52. The summed E-state index contributed by atoms with van der Waals surface area (Å²) in [6.45, 7) is 0.0324. The van der Waals surface area contributed by atoms with Gasteiger partial charge in [0.05, 0.1) is 9.82 Å². The molecule has 0 saturated carbocycles. The van der Waals surface area contributed by atoms with Crippen LogP contribution < -0.4 is 5.32 Å². The molecule has 6 nitrogen and oxygen atoms in total. The molecule has 11 heteroatoms. The topological polar surface area (TPSA) is 89.3 Å². The third kappa shape index (κ3) is 4.48. The molecule has 0 aromatic heterocycles. The minimum Gasteiger partial charge on any atom is -0.379 e. The molecule has 0 heterocycles. The molecule has 0 unspecified atom stereocenters. The maximum atomic E-state index is 13.1. The summed E-state index contributed by atoms with van der Waals surface area (Å²) < 4.78 is 74.1. The summed E-state index contributed by atoms with van der Waals surface area (Å²) in [5, 5.41) is 13.7. The molecule has 0 aliphatic heterocycles. The lowest BCUT2D eigenvalue weighted by Gasteiger charge is -2.09. The Balaban J connectivity index is 2.20. The molecule has 0 spiro atoms. The summed E-state index contributed by atoms with van der Waals surface area (Å²) in [6, 6.07) is 5.23. The fourth-order valence-corrected chi connectivity index (χ4v) is 2.93. The fourth-order valence-electron chi connectivity index (χ4n) is 2.19. The molecule has 0 saturated heterocycles. The standard InChI is InChI=1S/C15H12F4N2O4S/c16-10-5-9(6-11(17)7-10)3-4-20-13-2-1-12(8-14(13)21(22)23)26(24,25)15(18)19/h1-2,5-8,15,20H,3-4H2. The molecule has 0 aliphatic carbocycles. The van der Waals surface area contributed by atoms with Crippen molar-refractivity contribution >= 4 is 21.2 Å². The number of nitro groups is 1. The van der Waals surface area contributed by atoms with E-state index in [9.17, 15) is 36.1 Å². The molecule has 0 fully saturated rings. The number of sulfone groups is 1. The van der Waals surface area contributed by atoms with Crippen LogP contribution in [-0.4, -0.2) is 25.6 Å². The third-order valence-electron chi connectivity index (χ3n) is 3.38. The van der Waals surface area contributed by atoms with Gasteiger partial charge in [0, 0.05) is 18.7 Å². The summed E-state index contributed by atoms with van der Waals surface area (Å²) in [6.07, 6.45) is 0.114. The van der Waals surface area contributed by atoms with Crippen LogP contribution in [0.4, 0.5) is 28.9 Å². The van der Waals surface area contributed by atoms with Crippen molar-refractivity contribution in [3.8, 4) is 0 Å². The third-order valence-corrected chi connectivity index (χ3v) is 4.76. The number of hydrogen-bond donors (Lipinski definition) is 1. The lowest BCUT2D eigenvalue weighted by molar-refractivity contribution is -0.384. The average Bonchev–Trinajstić information content (AvgIpc) is 2.53. The van der Waals surface area contributed by atoms with Gasteiger partial charge >= 0.3 is 5.76 Å². The Kier molecular flexibility index (Phi) is 5.80. The monoisotopic (exact) mass is 392 g/mol. The van der Waals surface area contributed by atoms with Crippen LogP contribution in [0.3, 0.4) is 0 Å². The molecule has 0 aliphatic rings. The van der Waals surface area contributed by atoms with Crippen LogP contribution in [0.25, 0.3) is 0 Å². The van der Waals surface area contributed by atoms with Crippen LogP contribution in [0.5, 0.6) is 0 Å². The van der Waals surface area contributed by atoms with Gasteiger partial charge in [-0.2, -0.15) is 8.78 Å². The summed E-state index contributed by atoms with van der Waals surface area (Å²) in [4.78, 5) is 9.28. The number of halogens is 4. The number of nitrogens with zero attached hydrogens (tertiary/aromatic N) is 1. The maximum Gasteiger partial charge on any atom is 0.341 e. The highest BCUT2D eigenvalue weighted by Crippen LogP contribution is 2.29. The Hall–Kier alpha value is -2.69. The first-order chi connectivity index (χ1) is 12.1. The van der Waals surface area contributed by atoms with E-state index in [1.807, 2.05) is 0 Å². The minimum absolute atomic E-state index is 0.0324. The Bertz CT molecular complexity index is 915. The number of nitro benzene ring substituents is 1. The molecular weight excluding hydrogens is 380 g/mol. The van der Waals surface area contributed by atoms with Gasteiger partial charge in [-0.05, 0) is 36.2 Å². The van der Waals surface area contributed by atoms with Gasteiger partial charge in [-0.1, -0.05) is 0 Å². The van der Waals surface area contributed by atoms with Crippen LogP contribution in [-0.2, 0) is 16.3 Å². The zero-order valence-corrected chi connectivity index (χ0v) is 13.8. The number of alkyl halides is 2. The first-order valence-electron chi connectivity index (χ1n) is 7.10. The molecule has 2 rings (SSSR count). The van der Waals surface area contributed by atoms with Gasteiger partial charge in [-0.15, -0.1) is 0 Å². The van der Waals surface area contributed by atoms with Crippen LogP contribution >= 0.6 is 0 Å². The Morgan fingerprint density at radius 2 is 1.69 bits per heavy atom. The van der Waals surface area contributed by atoms with E-state index in [2.05, 4.69) is 5.32 Å². The van der Waals surface area contributed by atoms with E-state index in [0.29, 0.717) is 17.7 Å². The van der Waals surface area contributed by atoms with E-state index in [1.165, 1.54) is 0 Å². The molecular formula is C15H12F4N2O4S. The molecule has 26 heavy (non-hydrogen) atoms. The second kappa shape index (κ2) is 7.68. The van der Waals surface area contributed by atoms with Crippen molar-refractivity contribution in [3.05, 3.63) is 63.7 Å². The second-order valence-electron chi connectivity index (χ2n) is 5.20. The molecule has 0 atom stereocenters. The van der Waals surface area contributed by atoms with Crippen LogP contribution in [0.1, 0.15) is 5.56 Å². The van der Waals surface area contributed by atoms with Gasteiger partial charge in [0.2, 0.25) is 9.84 Å². The summed E-state index contributed by atoms with van der Waals surface area (Å²) in [7, 11) is -4.97. The summed E-state index contributed by atoms with van der Waals surface area (Å²) >= 11 is 0. The molecule has 2 aromatic carbocycles. The van der Waals surface area contributed by atoms with Gasteiger partial charge in [0.1, 0.15) is 17.3 Å². The fraction of sp³-hybridized carbons (Fsp3) is 0.200. The lowest BCUT2D eigenvalue weighted by atomic mass is 10.1. The van der Waals surface area contributed by atoms with Crippen molar-refractivity contribution < 1.29 is 30.9 Å². The first-order valence-corrected chi connectivity index (χ1v) is 8.65. The first kappa shape index (κ1) is 19.6. The van der Waals surface area contributed by atoms with Crippen molar-refractivity contribution in [2.24, 2.45) is 0 Å². The Morgan fingerprint density at radius 3 is 2.23 bits per heavy atom. The Morgan fingerprint density at radius 1 is 1.08 bits per heavy atom. The lowest BCUT2D eigenvalue weighted by Crippen LogP contribution is -2.13. The van der Waals surface area contributed by atoms with E-state index >= 15 is 0 Å². The van der Waals surface area contributed by atoms with E-state index in [4.69, 9.17) is 0 Å². The number of rotatable bonds is 7. The van der Waals surface area contributed by atoms with Gasteiger partial charge in [0.25, 0.3) is 5.69 Å². The van der Waals surface area contributed by atoms with E-state index < -0.39 is 42.7 Å². The van der Waals surface area contributed by atoms with Crippen molar-refractivity contribution in [2.45, 2.75) is 17.1 Å². The molecule has 1 N–H and O–H groups in total. The number of nitrogens with one attached hydrogen (secondary N) is 1. The number of benzene rings is 2. The van der Waals surface area contributed by atoms with Crippen LogP contribution in [0.15, 0.2) is 41.3 Å². The molecule has 140 valence electrons. The normalized spacial score (nSPS) is 11.6. The highest BCUT2D eigenvalue weighted by atomic mass is 32.2. The maximum absolute atomic E-state index is 13.1. The van der Waals surface area contributed by atoms with E-state index in [0.717, 1.165) is 24.3 Å². The number of hydrogen-bond acceptors (Lipinski definition) is 5. The summed E-state index contributed by atoms with van der Waals surface area (Å²) in [5.74, 6) is -5.25. The highest BCUT2D eigenvalue weighted by Gasteiger charge is 2.29. The van der Waals surface area contributed by atoms with Gasteiger partial charge in [-0.3, -0.25) is 10.1 Å². The van der Waals surface area contributed by atoms with Crippen molar-refractivity contribution in [1.82, 2.24) is 0 Å². The molecule has 0 amide bonds. The SMILES string of the molecule is O=[N+]([O-])c1cc(S(=O)(=O)C(F)F)ccc1NCCc1cc(F)cc(F)c1. The van der Waals surface area contributed by atoms with Gasteiger partial charge in [0.15, 0.2) is 0 Å². The molecule has 2 aromatic rings. The summed E-state index contributed by atoms with van der Waals surface area (Å²) in [5.41, 5.74) is -0.521. The largest absolute Gasteiger partial charge is 0.379 e. The van der Waals surface area contributed by atoms with Crippen LogP contribution in [0, 0.1) is 21.7 Å². The quantitative estimate of drug-likeness (QED) is 0.442. The predicted molar refractivity (Wildman–Crippen MR) is 84.8 cm³/mol. The van der Waals surface area contributed by atoms with E-state index in [1.54, 1.807) is 0 Å². The van der Waals surface area contributed by atoms with E-state index in [-0.39, 0.29) is 18.7 Å². The minimum atomic E-state index is -4.97. The van der Waals surface area contributed by atoms with Crippen molar-refractivity contribution in [3.63, 3.8) is 0 Å². The highest BCUT2D eigenvalue weighted by molar-refractivity contribution is 7.91. The van der Waals surface area contributed by atoms with Gasteiger partial charge in [-0.25, -0.2) is 17.2 Å². The van der Waals surface area contributed by atoms with Gasteiger partial charge < -0.3 is 5.32 Å². The average molecular weight is 392 g/mol. The van der Waals surface area contributed by atoms with Crippen molar-refractivity contribution in [2.75, 3.05) is 11.9 Å². The zero-order valence-electron chi connectivity index (χ0n) is 13.0. The second-order valence-corrected chi connectivity index (χ2v) is 7.11. The molecule has 0 radical (unpaired) electrons. The van der Waals surface area contributed by atoms with Crippen LogP contribution in [0.2, 0.25) is 0 Å². The number of anilines is 1. The zero-order chi connectivity index (χ0) is 19.5. The van der Waals surface area contributed by atoms with Crippen molar-refractivity contribution in [1.29, 1.82) is 0 Å². The Labute approximate surface area is 145 Å². The smallest absolute Gasteiger partial charge is 0.341 e.